The number of amides is 1. The third-order valence-corrected chi connectivity index (χ3v) is 6.25. The van der Waals surface area contributed by atoms with Crippen LogP contribution in [0.4, 0.5) is 4.39 Å². The first-order valence-corrected chi connectivity index (χ1v) is 9.90. The Labute approximate surface area is 160 Å². The van der Waals surface area contributed by atoms with Gasteiger partial charge in [-0.25, -0.2) is 4.39 Å². The predicted octanol–water partition coefficient (Wildman–Crippen LogP) is 3.04. The highest BCUT2D eigenvalue weighted by molar-refractivity contribution is 5.88. The molecule has 2 aliphatic rings. The van der Waals surface area contributed by atoms with Crippen LogP contribution in [-0.2, 0) is 15.0 Å². The number of carbonyl (C=O) groups excluding carboxylic acids is 1. The summed E-state index contributed by atoms with van der Waals surface area (Å²) in [5.41, 5.74) is -0.200. The second-order valence-corrected chi connectivity index (χ2v) is 7.95. The Balaban J connectivity index is 1.76. The number of carbonyl (C=O) groups is 2. The van der Waals surface area contributed by atoms with Crippen molar-refractivity contribution in [2.24, 2.45) is 0 Å². The zero-order chi connectivity index (χ0) is 19.4. The molecule has 1 atom stereocenters. The summed E-state index contributed by atoms with van der Waals surface area (Å²) in [6.45, 7) is 1.27. The van der Waals surface area contributed by atoms with E-state index in [0.717, 1.165) is 32.1 Å². The minimum Gasteiger partial charge on any atom is -0.480 e. The average molecular weight is 376 g/mol. The summed E-state index contributed by atoms with van der Waals surface area (Å²) in [6, 6.07) is 6.85. The Kier molecular flexibility index (Phi) is 6.15. The van der Waals surface area contributed by atoms with Crippen molar-refractivity contribution in [2.45, 2.75) is 56.4 Å². The van der Waals surface area contributed by atoms with Gasteiger partial charge in [-0.05, 0) is 45.2 Å². The van der Waals surface area contributed by atoms with E-state index in [0.29, 0.717) is 31.5 Å². The van der Waals surface area contributed by atoms with Gasteiger partial charge >= 0.3 is 5.97 Å². The smallest absolute Gasteiger partial charge is 0.317 e. The van der Waals surface area contributed by atoms with Gasteiger partial charge in [-0.15, -0.1) is 0 Å². The molecule has 1 unspecified atom stereocenters. The normalized spacial score (nSPS) is 22.6. The third-order valence-electron chi connectivity index (χ3n) is 6.25. The fourth-order valence-corrected chi connectivity index (χ4v) is 4.79. The summed E-state index contributed by atoms with van der Waals surface area (Å²) in [5.74, 6) is -1.08. The van der Waals surface area contributed by atoms with E-state index in [9.17, 15) is 14.0 Å². The zero-order valence-electron chi connectivity index (χ0n) is 16.0. The van der Waals surface area contributed by atoms with E-state index in [2.05, 4.69) is 0 Å². The topological polar surface area (TPSA) is 60.9 Å². The average Bonchev–Trinajstić information content (AvgIpc) is 2.99. The molecule has 1 heterocycles. The van der Waals surface area contributed by atoms with Crippen LogP contribution in [0.15, 0.2) is 24.3 Å². The number of hydrogen-bond acceptors (Lipinski definition) is 3. The summed E-state index contributed by atoms with van der Waals surface area (Å²) in [4.78, 5) is 28.3. The number of nitrogens with zero attached hydrogens (tertiary/aromatic N) is 2. The molecule has 148 valence electrons. The summed E-state index contributed by atoms with van der Waals surface area (Å²) >= 11 is 0. The highest BCUT2D eigenvalue weighted by atomic mass is 19.1. The van der Waals surface area contributed by atoms with Crippen molar-refractivity contribution < 1.29 is 19.1 Å². The molecule has 1 saturated carbocycles. The number of aliphatic carboxylic acids is 1. The van der Waals surface area contributed by atoms with Gasteiger partial charge in [-0.3, -0.25) is 14.5 Å². The molecule has 1 N–H and O–H groups in total. The van der Waals surface area contributed by atoms with Crippen LogP contribution in [-0.4, -0.2) is 59.5 Å². The van der Waals surface area contributed by atoms with Gasteiger partial charge in [0.05, 0.1) is 12.0 Å². The molecular weight excluding hydrogens is 347 g/mol. The molecule has 1 saturated heterocycles. The first-order valence-electron chi connectivity index (χ1n) is 9.90. The number of rotatable bonds is 5. The lowest BCUT2D eigenvalue weighted by atomic mass is 9.77. The molecule has 1 aliphatic heterocycles. The van der Waals surface area contributed by atoms with Crippen LogP contribution in [0.2, 0.25) is 0 Å². The number of hydrogen-bond donors (Lipinski definition) is 1. The van der Waals surface area contributed by atoms with E-state index in [-0.39, 0.29) is 24.3 Å². The van der Waals surface area contributed by atoms with E-state index in [1.807, 2.05) is 22.9 Å². The lowest BCUT2D eigenvalue weighted by Gasteiger charge is -2.35. The van der Waals surface area contributed by atoms with Crippen molar-refractivity contribution in [3.63, 3.8) is 0 Å². The molecule has 1 aromatic carbocycles. The van der Waals surface area contributed by atoms with Gasteiger partial charge in [-0.2, -0.15) is 0 Å². The van der Waals surface area contributed by atoms with Gasteiger partial charge in [0.1, 0.15) is 5.82 Å². The first kappa shape index (κ1) is 19.8. The van der Waals surface area contributed by atoms with E-state index in [4.69, 9.17) is 5.11 Å². The number of carboxylic acids is 1. The Bertz CT molecular complexity index is 688. The second kappa shape index (κ2) is 8.38. The molecular formula is C21H29FN2O3. The van der Waals surface area contributed by atoms with Crippen molar-refractivity contribution in [1.82, 2.24) is 9.80 Å². The van der Waals surface area contributed by atoms with Crippen molar-refractivity contribution in [3.05, 3.63) is 35.6 Å². The van der Waals surface area contributed by atoms with Crippen LogP contribution < -0.4 is 0 Å². The van der Waals surface area contributed by atoms with Gasteiger partial charge in [0.2, 0.25) is 5.91 Å². The van der Waals surface area contributed by atoms with E-state index in [1.54, 1.807) is 12.1 Å². The molecule has 3 rings (SSSR count). The van der Waals surface area contributed by atoms with Crippen LogP contribution in [0, 0.1) is 5.82 Å². The summed E-state index contributed by atoms with van der Waals surface area (Å²) in [5, 5.41) is 9.01. The maximum atomic E-state index is 14.6. The zero-order valence-corrected chi connectivity index (χ0v) is 16.0. The Morgan fingerprint density at radius 1 is 1.19 bits per heavy atom. The lowest BCUT2D eigenvalue weighted by Crippen LogP contribution is -2.46. The molecule has 6 heteroatoms. The third kappa shape index (κ3) is 4.15. The van der Waals surface area contributed by atoms with Gasteiger partial charge in [0, 0.05) is 24.7 Å². The highest BCUT2D eigenvalue weighted by Gasteiger charge is 2.46. The molecule has 0 spiro atoms. The molecule has 2 fully saturated rings. The van der Waals surface area contributed by atoms with Crippen LogP contribution in [0.3, 0.4) is 0 Å². The van der Waals surface area contributed by atoms with Gasteiger partial charge in [-0.1, -0.05) is 31.0 Å². The first-order chi connectivity index (χ1) is 12.9. The number of halogens is 1. The quantitative estimate of drug-likeness (QED) is 0.858. The summed E-state index contributed by atoms with van der Waals surface area (Å²) in [7, 11) is 1.83. The van der Waals surface area contributed by atoms with Gasteiger partial charge < -0.3 is 10.0 Å². The standard InChI is InChI=1S/C21H29FN2O3/c1-23(15-19(25)26)16-7-6-13-24(14-10-16)20(27)21(11-4-5-12-21)17-8-2-3-9-18(17)22/h2-3,8-9,16H,4-7,10-15H2,1H3,(H,25,26). The molecule has 1 aromatic rings. The molecule has 5 nitrogen and oxygen atoms in total. The van der Waals surface area contributed by atoms with Gasteiger partial charge in [0.25, 0.3) is 0 Å². The monoisotopic (exact) mass is 376 g/mol. The Hall–Kier alpha value is -1.95. The number of carboxylic acid groups (broad SMARTS) is 1. The fraction of sp³-hybridized carbons (Fsp3) is 0.619. The SMILES string of the molecule is CN(CC(=O)O)C1CCCN(C(=O)C2(c3ccccc3F)CCCC2)CC1. The number of likely N-dealkylation sites (N-methyl/N-ethyl adjacent to an activating group) is 1. The van der Waals surface area contributed by atoms with Crippen LogP contribution >= 0.6 is 0 Å². The summed E-state index contributed by atoms with van der Waals surface area (Å²) < 4.78 is 14.6. The van der Waals surface area contributed by atoms with Crippen LogP contribution in [0.1, 0.15) is 50.5 Å². The van der Waals surface area contributed by atoms with Crippen LogP contribution in [0.5, 0.6) is 0 Å². The maximum Gasteiger partial charge on any atom is 0.317 e. The molecule has 27 heavy (non-hydrogen) atoms. The van der Waals surface area contributed by atoms with Crippen molar-refractivity contribution >= 4 is 11.9 Å². The van der Waals surface area contributed by atoms with E-state index < -0.39 is 11.4 Å². The van der Waals surface area contributed by atoms with Crippen molar-refractivity contribution in [2.75, 3.05) is 26.7 Å². The lowest BCUT2D eigenvalue weighted by molar-refractivity contribution is -0.139. The number of benzene rings is 1. The maximum absolute atomic E-state index is 14.6. The van der Waals surface area contributed by atoms with Gasteiger partial charge in [0.15, 0.2) is 0 Å². The Morgan fingerprint density at radius 3 is 2.56 bits per heavy atom. The minimum atomic E-state index is -0.834. The molecule has 1 amide bonds. The molecule has 1 aliphatic carbocycles. The van der Waals surface area contributed by atoms with E-state index in [1.165, 1.54) is 6.07 Å². The summed E-state index contributed by atoms with van der Waals surface area (Å²) in [6.07, 6.45) is 5.75. The van der Waals surface area contributed by atoms with Crippen molar-refractivity contribution in [1.29, 1.82) is 0 Å². The van der Waals surface area contributed by atoms with E-state index >= 15 is 0 Å². The molecule has 0 radical (unpaired) electrons. The Morgan fingerprint density at radius 2 is 1.89 bits per heavy atom. The minimum absolute atomic E-state index is 0.0117. The van der Waals surface area contributed by atoms with Crippen molar-refractivity contribution in [3.8, 4) is 0 Å². The largest absolute Gasteiger partial charge is 0.480 e. The fourth-order valence-electron chi connectivity index (χ4n) is 4.79. The molecule has 0 aromatic heterocycles. The highest BCUT2D eigenvalue weighted by Crippen LogP contribution is 2.44. The molecule has 0 bridgehead atoms. The second-order valence-electron chi connectivity index (χ2n) is 7.95. The predicted molar refractivity (Wildman–Crippen MR) is 101 cm³/mol. The number of likely N-dealkylation sites (tertiary alicyclic amines) is 1. The van der Waals surface area contributed by atoms with Crippen LogP contribution in [0.25, 0.3) is 0 Å².